The number of morpholine rings is 1. The number of furan rings is 1. The zero-order chi connectivity index (χ0) is 22.6. The maximum Gasteiger partial charge on any atom is 0.291 e. The van der Waals surface area contributed by atoms with E-state index in [1.807, 2.05) is 25.1 Å². The fourth-order valence-corrected chi connectivity index (χ4v) is 4.72. The molecule has 4 rings (SSSR count). The molecule has 0 radical (unpaired) electrons. The van der Waals surface area contributed by atoms with Gasteiger partial charge >= 0.3 is 0 Å². The van der Waals surface area contributed by atoms with Gasteiger partial charge in [-0.1, -0.05) is 25.1 Å². The lowest BCUT2D eigenvalue weighted by molar-refractivity contribution is 0.0730. The number of sulfonamides is 1. The SMILES string of the molecule is CCc1ccc(C(=O)Nc2cc(S(=O)(=O)N3CCOCC3)ccc2Oc2ccccc2)o1. The monoisotopic (exact) mass is 456 g/mol. The molecule has 0 aliphatic carbocycles. The van der Waals surface area contributed by atoms with E-state index < -0.39 is 15.9 Å². The largest absolute Gasteiger partial charge is 0.456 e. The molecule has 1 saturated heterocycles. The molecule has 0 bridgehead atoms. The van der Waals surface area contributed by atoms with E-state index >= 15 is 0 Å². The van der Waals surface area contributed by atoms with Gasteiger partial charge in [0.2, 0.25) is 10.0 Å². The van der Waals surface area contributed by atoms with E-state index in [1.165, 1.54) is 22.5 Å². The molecule has 3 aromatic rings. The lowest BCUT2D eigenvalue weighted by atomic mass is 10.2. The fraction of sp³-hybridized carbons (Fsp3) is 0.261. The number of hydrogen-bond acceptors (Lipinski definition) is 6. The molecule has 0 spiro atoms. The molecule has 9 heteroatoms. The first-order valence-corrected chi connectivity index (χ1v) is 11.8. The van der Waals surface area contributed by atoms with Crippen LogP contribution in [0.5, 0.6) is 11.5 Å². The van der Waals surface area contributed by atoms with Crippen molar-refractivity contribution in [3.05, 3.63) is 72.2 Å². The van der Waals surface area contributed by atoms with Gasteiger partial charge in [0.25, 0.3) is 5.91 Å². The van der Waals surface area contributed by atoms with Crippen LogP contribution in [0.2, 0.25) is 0 Å². The standard InChI is InChI=1S/C23H24N2O6S/c1-2-17-8-10-22(30-17)23(26)24-20-16-19(32(27,28)25-12-14-29-15-13-25)9-11-21(20)31-18-6-4-3-5-7-18/h3-11,16H,2,12-15H2,1H3,(H,24,26). The van der Waals surface area contributed by atoms with Crippen LogP contribution in [0.3, 0.4) is 0 Å². The Kier molecular flexibility index (Phi) is 6.59. The molecule has 8 nitrogen and oxygen atoms in total. The number of hydrogen-bond donors (Lipinski definition) is 1. The first-order chi connectivity index (χ1) is 15.5. The number of carbonyl (C=O) groups excluding carboxylic acids is 1. The summed E-state index contributed by atoms with van der Waals surface area (Å²) in [7, 11) is -3.75. The van der Waals surface area contributed by atoms with Crippen molar-refractivity contribution in [1.29, 1.82) is 0 Å². The Labute approximate surface area is 186 Å². The Bertz CT molecular complexity index is 1180. The summed E-state index contributed by atoms with van der Waals surface area (Å²) < 4.78 is 44.3. The third-order valence-corrected chi connectivity index (χ3v) is 6.91. The predicted octanol–water partition coefficient (Wildman–Crippen LogP) is 3.91. The van der Waals surface area contributed by atoms with E-state index in [-0.39, 0.29) is 29.4 Å². The second kappa shape index (κ2) is 9.56. The molecule has 32 heavy (non-hydrogen) atoms. The molecule has 0 saturated carbocycles. The number of aryl methyl sites for hydroxylation is 1. The zero-order valence-corrected chi connectivity index (χ0v) is 18.4. The van der Waals surface area contributed by atoms with Gasteiger partial charge in [0, 0.05) is 19.5 Å². The second-order valence-electron chi connectivity index (χ2n) is 7.16. The Hall–Kier alpha value is -3.14. The van der Waals surface area contributed by atoms with Crippen molar-refractivity contribution in [3.8, 4) is 11.5 Å². The topological polar surface area (TPSA) is 98.1 Å². The second-order valence-corrected chi connectivity index (χ2v) is 9.10. The van der Waals surface area contributed by atoms with Gasteiger partial charge in [0.05, 0.1) is 23.8 Å². The summed E-state index contributed by atoms with van der Waals surface area (Å²) in [6.07, 6.45) is 0.656. The number of nitrogens with one attached hydrogen (secondary N) is 1. The number of nitrogens with zero attached hydrogens (tertiary/aromatic N) is 1. The van der Waals surface area contributed by atoms with Gasteiger partial charge < -0.3 is 19.2 Å². The highest BCUT2D eigenvalue weighted by Crippen LogP contribution is 2.33. The molecule has 1 aliphatic rings. The number of amides is 1. The predicted molar refractivity (Wildman–Crippen MR) is 119 cm³/mol. The van der Waals surface area contributed by atoms with Crippen molar-refractivity contribution in [2.75, 3.05) is 31.6 Å². The van der Waals surface area contributed by atoms with Crippen molar-refractivity contribution in [1.82, 2.24) is 4.31 Å². The molecule has 2 aromatic carbocycles. The number of benzene rings is 2. The first kappa shape index (κ1) is 22.1. The molecular formula is C23H24N2O6S. The van der Waals surface area contributed by atoms with Gasteiger partial charge in [0.15, 0.2) is 11.5 Å². The van der Waals surface area contributed by atoms with E-state index in [0.29, 0.717) is 36.9 Å². The van der Waals surface area contributed by atoms with Crippen molar-refractivity contribution in [3.63, 3.8) is 0 Å². The highest BCUT2D eigenvalue weighted by atomic mass is 32.2. The van der Waals surface area contributed by atoms with Gasteiger partial charge in [-0.3, -0.25) is 4.79 Å². The van der Waals surface area contributed by atoms with E-state index in [0.717, 1.165) is 0 Å². The number of ether oxygens (including phenoxy) is 2. The van der Waals surface area contributed by atoms with Crippen LogP contribution in [0.25, 0.3) is 0 Å². The minimum Gasteiger partial charge on any atom is -0.456 e. The summed E-state index contributed by atoms with van der Waals surface area (Å²) in [5.41, 5.74) is 0.225. The van der Waals surface area contributed by atoms with Crippen LogP contribution in [0.15, 0.2) is 70.0 Å². The molecule has 1 aromatic heterocycles. The smallest absolute Gasteiger partial charge is 0.291 e. The molecule has 1 fully saturated rings. The van der Waals surface area contributed by atoms with Crippen LogP contribution in [0.1, 0.15) is 23.2 Å². The summed E-state index contributed by atoms with van der Waals surface area (Å²) in [5, 5.41) is 2.73. The van der Waals surface area contributed by atoms with Gasteiger partial charge in [-0.05, 0) is 42.5 Å². The molecule has 2 heterocycles. The molecule has 168 valence electrons. The molecule has 0 atom stereocenters. The molecular weight excluding hydrogens is 432 g/mol. The van der Waals surface area contributed by atoms with Gasteiger partial charge in [-0.15, -0.1) is 0 Å². The fourth-order valence-electron chi connectivity index (χ4n) is 3.28. The third kappa shape index (κ3) is 4.85. The van der Waals surface area contributed by atoms with Crippen LogP contribution in [0.4, 0.5) is 5.69 Å². The summed E-state index contributed by atoms with van der Waals surface area (Å²) >= 11 is 0. The number of anilines is 1. The van der Waals surface area contributed by atoms with Gasteiger partial charge in [-0.25, -0.2) is 8.42 Å². The summed E-state index contributed by atoms with van der Waals surface area (Å²) in [4.78, 5) is 12.8. The molecule has 0 unspecified atom stereocenters. The normalized spacial score (nSPS) is 14.8. The van der Waals surface area contributed by atoms with Crippen LogP contribution in [-0.4, -0.2) is 44.9 Å². The van der Waals surface area contributed by atoms with E-state index in [2.05, 4.69) is 5.32 Å². The summed E-state index contributed by atoms with van der Waals surface area (Å²) in [6, 6.07) is 16.8. The van der Waals surface area contributed by atoms with E-state index in [4.69, 9.17) is 13.9 Å². The highest BCUT2D eigenvalue weighted by molar-refractivity contribution is 7.89. The molecule has 1 amide bonds. The Balaban J connectivity index is 1.67. The van der Waals surface area contributed by atoms with Crippen molar-refractivity contribution < 1.29 is 27.1 Å². The Morgan fingerprint density at radius 3 is 2.50 bits per heavy atom. The minimum atomic E-state index is -3.75. The molecule has 1 N–H and O–H groups in total. The third-order valence-electron chi connectivity index (χ3n) is 5.01. The quantitative estimate of drug-likeness (QED) is 0.579. The van der Waals surface area contributed by atoms with E-state index in [1.54, 1.807) is 24.3 Å². The van der Waals surface area contributed by atoms with Crippen LogP contribution in [0, 0.1) is 0 Å². The highest BCUT2D eigenvalue weighted by Gasteiger charge is 2.27. The number of carbonyl (C=O) groups is 1. The molecule has 1 aliphatic heterocycles. The average molecular weight is 457 g/mol. The van der Waals surface area contributed by atoms with Crippen molar-refractivity contribution in [2.45, 2.75) is 18.2 Å². The van der Waals surface area contributed by atoms with Crippen LogP contribution < -0.4 is 10.1 Å². The lowest BCUT2D eigenvalue weighted by Gasteiger charge is -2.26. The zero-order valence-electron chi connectivity index (χ0n) is 17.6. The summed E-state index contributed by atoms with van der Waals surface area (Å²) in [6.45, 7) is 3.16. The van der Waals surface area contributed by atoms with Crippen molar-refractivity contribution >= 4 is 21.6 Å². The van der Waals surface area contributed by atoms with Crippen LogP contribution >= 0.6 is 0 Å². The Morgan fingerprint density at radius 2 is 1.81 bits per heavy atom. The number of para-hydroxylation sites is 1. The maximum absolute atomic E-state index is 13.1. The lowest BCUT2D eigenvalue weighted by Crippen LogP contribution is -2.40. The summed E-state index contributed by atoms with van der Waals surface area (Å²) in [5.74, 6) is 1.18. The first-order valence-electron chi connectivity index (χ1n) is 10.3. The maximum atomic E-state index is 13.1. The van der Waals surface area contributed by atoms with Crippen molar-refractivity contribution in [2.24, 2.45) is 0 Å². The van der Waals surface area contributed by atoms with Gasteiger partial charge in [0.1, 0.15) is 11.5 Å². The average Bonchev–Trinajstić information content (AvgIpc) is 3.31. The van der Waals surface area contributed by atoms with E-state index in [9.17, 15) is 13.2 Å². The van der Waals surface area contributed by atoms with Gasteiger partial charge in [-0.2, -0.15) is 4.31 Å². The number of rotatable bonds is 7. The minimum absolute atomic E-state index is 0.0591. The van der Waals surface area contributed by atoms with Crippen LogP contribution in [-0.2, 0) is 21.2 Å². The Morgan fingerprint density at radius 1 is 1.06 bits per heavy atom.